The molecule has 12 rings (SSSR count). The van der Waals surface area contributed by atoms with Gasteiger partial charge in [-0.25, -0.2) is 0 Å². The highest BCUT2D eigenvalue weighted by atomic mass is 28.7. The monoisotopic (exact) mass is 1080 g/mol. The van der Waals surface area contributed by atoms with Crippen LogP contribution in [0.25, 0.3) is 0 Å². The van der Waals surface area contributed by atoms with Crippen molar-refractivity contribution in [2.75, 3.05) is 0 Å². The van der Waals surface area contributed by atoms with Crippen LogP contribution in [0.1, 0.15) is 0 Å². The number of rotatable bonds is 0. The number of hydrogen-bond acceptors (Lipinski definition) is 32. The van der Waals surface area contributed by atoms with Crippen LogP contribution in [0.2, 0.25) is 52.4 Å². The van der Waals surface area contributed by atoms with E-state index in [0.717, 1.165) is 0 Å². The zero-order valence-corrected chi connectivity index (χ0v) is 45.1. The molecule has 56 heavy (non-hydrogen) atoms. The third-order valence-electron chi connectivity index (χ3n) is 7.46. The van der Waals surface area contributed by atoms with Crippen molar-refractivity contribution in [3.63, 3.8) is 0 Å². The fraction of sp³-hybridized carbons (Fsp3) is 1.00. The van der Waals surface area contributed by atoms with E-state index in [1.165, 1.54) is 0 Å². The molecule has 0 aromatic rings. The van der Waals surface area contributed by atoms with E-state index in [0.29, 0.717) is 0 Å². The lowest BCUT2D eigenvalue weighted by atomic mass is 11.9. The minimum absolute atomic E-state index is 1.75. The molecule has 16 bridgehead atoms. The van der Waals surface area contributed by atoms with E-state index in [1.807, 2.05) is 0 Å². The first-order valence-corrected chi connectivity index (χ1v) is 46.4. The van der Waals surface area contributed by atoms with Crippen LogP contribution < -0.4 is 33.6 Å². The average Bonchev–Trinajstić information content (AvgIpc) is 2.74. The van der Waals surface area contributed by atoms with Gasteiger partial charge in [-0.05, 0) is 0 Å². The highest BCUT2D eigenvalue weighted by Crippen LogP contribution is 2.48. The first kappa shape index (κ1) is 43.4. The smallest absolute Gasteiger partial charge is 0.652 e. The van der Waals surface area contributed by atoms with Crippen molar-refractivity contribution in [3.8, 4) is 0 Å². The normalized spacial score (nSPS) is 66.0. The van der Waals surface area contributed by atoms with Crippen LogP contribution in [0, 0.1) is 0 Å². The Bertz CT molecular complexity index is 1090. The number of hydrogen-bond donors (Lipinski definition) is 1. The van der Waals surface area contributed by atoms with Gasteiger partial charge < -0.3 is 137 Å². The standard InChI is InChI=1S/C8H24O12Si8.HO20Si8/c2*1-21-9-22(2)12-25(5)14-23(3,10-21)16-27(7)17-24(4,11-21)15-26(6,13-22)19-28(8,18-25)20-27/h1-8H3;1H/q;-7. The summed E-state index contributed by atoms with van der Waals surface area (Å²) in [7, 11) is -75.3. The van der Waals surface area contributed by atoms with E-state index in [4.69, 9.17) is 49.4 Å². The van der Waals surface area contributed by atoms with Gasteiger partial charge in [-0.15, -0.1) is 0 Å². The van der Waals surface area contributed by atoms with Gasteiger partial charge in [0.05, 0.1) is 0 Å². The molecule has 0 radical (unpaired) electrons. The summed E-state index contributed by atoms with van der Waals surface area (Å²) in [6.07, 6.45) is 0. The van der Waals surface area contributed by atoms with Gasteiger partial charge in [-0.2, -0.15) is 0 Å². The van der Waals surface area contributed by atoms with E-state index < -0.39 is 143 Å². The third kappa shape index (κ3) is 8.01. The van der Waals surface area contributed by atoms with E-state index in [9.17, 15) is 38.4 Å². The van der Waals surface area contributed by atoms with Gasteiger partial charge >= 0.3 is 143 Å². The summed E-state index contributed by atoms with van der Waals surface area (Å²) in [5.41, 5.74) is 0. The molecule has 12 heterocycles. The lowest BCUT2D eigenvalue weighted by molar-refractivity contribution is -0.420. The highest BCUT2D eigenvalue weighted by Gasteiger charge is 2.78. The van der Waals surface area contributed by atoms with E-state index in [-0.39, 0.29) is 0 Å². The van der Waals surface area contributed by atoms with Crippen molar-refractivity contribution in [3.05, 3.63) is 0 Å². The second-order valence-corrected chi connectivity index (χ2v) is 54.8. The Morgan fingerprint density at radius 1 is 0.214 bits per heavy atom. The summed E-state index contributed by atoms with van der Waals surface area (Å²) in [4.78, 5) is 98.7. The fourth-order valence-electron chi connectivity index (χ4n) is 6.89. The van der Waals surface area contributed by atoms with Crippen LogP contribution in [-0.4, -0.2) is 148 Å². The molecule has 0 amide bonds. The molecule has 12 aliphatic heterocycles. The average molecular weight is 1080 g/mol. The maximum Gasteiger partial charge on any atom is 0.652 e. The molecular weight excluding hydrogens is 1060 g/mol. The summed E-state index contributed by atoms with van der Waals surface area (Å²) in [5.74, 6) is 0. The molecule has 0 spiro atoms. The van der Waals surface area contributed by atoms with Crippen LogP contribution >= 0.6 is 0 Å². The zero-order chi connectivity index (χ0) is 41.0. The van der Waals surface area contributed by atoms with Crippen molar-refractivity contribution in [2.45, 2.75) is 52.4 Å². The maximum atomic E-state index is 12.6. The summed E-state index contributed by atoms with van der Waals surface area (Å²) in [6.45, 7) is 14.0. The van der Waals surface area contributed by atoms with Crippen LogP contribution in [0.5, 0.6) is 0 Å². The molecule has 1 N–H and O–H groups in total. The molecular formula is C8H25O32Si16-7. The van der Waals surface area contributed by atoms with Gasteiger partial charge in [0.2, 0.25) is 0 Å². The predicted octanol–water partition coefficient (Wildman–Crippen LogP) is -11.9. The fourth-order valence-corrected chi connectivity index (χ4v) is 80.0. The van der Waals surface area contributed by atoms with Gasteiger partial charge in [-0.1, -0.05) is 0 Å². The SMILES string of the molecule is C[Si]12O[Si]3(C)O[Si]4(C)O[Si](C)(O1)O[Si]1(C)O[Si](C)(O2)O[Si](C)(O3)O[Si](C)(O4)O1.[O-][Si]12O[Si]3([O-])O[Si]4([O-])O[Si]([O-])(O1)O[Si]1([O-])O[Si]([O-])(O2)O[Si]([O-])(O3)O[Si](O)(O4)O1. The molecule has 0 aromatic heterocycles. The summed E-state index contributed by atoms with van der Waals surface area (Å²) in [5, 5.41) is 0. The second kappa shape index (κ2) is 12.1. The van der Waals surface area contributed by atoms with Gasteiger partial charge in [-0.3, -0.25) is 0 Å². The first-order chi connectivity index (χ1) is 25.0. The lowest BCUT2D eigenvalue weighted by Gasteiger charge is -2.69. The predicted molar refractivity (Wildman–Crippen MR) is 167 cm³/mol. The molecule has 12 aliphatic rings. The second-order valence-electron chi connectivity index (χ2n) is 13.4. The Hall–Kier alpha value is 2.19. The molecule has 0 aromatic carbocycles. The summed E-state index contributed by atoms with van der Waals surface area (Å²) in [6, 6.07) is 0. The minimum Gasteiger partial charge on any atom is -0.795 e. The quantitative estimate of drug-likeness (QED) is 0.220. The van der Waals surface area contributed by atoms with Crippen LogP contribution in [-0.2, 0) is 98.8 Å². The van der Waals surface area contributed by atoms with Crippen LogP contribution in [0.4, 0.5) is 0 Å². The first-order valence-electron chi connectivity index (χ1n) is 15.5. The Balaban J connectivity index is 0.000000146. The molecule has 0 aliphatic carbocycles. The van der Waals surface area contributed by atoms with Gasteiger partial charge in [0.1, 0.15) is 0 Å². The Labute approximate surface area is 330 Å². The summed E-state index contributed by atoms with van der Waals surface area (Å²) >= 11 is 0. The Morgan fingerprint density at radius 2 is 0.321 bits per heavy atom. The molecule has 0 atom stereocenters. The highest BCUT2D eigenvalue weighted by molar-refractivity contribution is 7.02. The molecule has 0 saturated carbocycles. The van der Waals surface area contributed by atoms with Gasteiger partial charge in [0.15, 0.2) is 0 Å². The van der Waals surface area contributed by atoms with E-state index in [2.05, 4.69) is 49.4 Å². The van der Waals surface area contributed by atoms with E-state index >= 15 is 0 Å². The zero-order valence-electron chi connectivity index (χ0n) is 29.1. The molecule has 320 valence electrons. The minimum atomic E-state index is -6.06. The van der Waals surface area contributed by atoms with Crippen molar-refractivity contribution in [2.24, 2.45) is 0 Å². The molecule has 12 saturated heterocycles. The van der Waals surface area contributed by atoms with E-state index in [1.54, 1.807) is 52.4 Å². The molecule has 12 fully saturated rings. The summed E-state index contributed by atoms with van der Waals surface area (Å²) < 4.78 is 129. The molecule has 32 nitrogen and oxygen atoms in total. The molecule has 0 unspecified atom stereocenters. The van der Waals surface area contributed by atoms with Crippen molar-refractivity contribution in [1.29, 1.82) is 0 Å². The largest absolute Gasteiger partial charge is 0.795 e. The topological polar surface area (TPSA) is 403 Å². The van der Waals surface area contributed by atoms with Crippen LogP contribution in [0.3, 0.4) is 0 Å². The van der Waals surface area contributed by atoms with Gasteiger partial charge in [0, 0.05) is 52.4 Å². The lowest BCUT2D eigenvalue weighted by Crippen LogP contribution is -2.98. The Kier molecular flexibility index (Phi) is 9.38. The van der Waals surface area contributed by atoms with Crippen molar-refractivity contribution < 1.29 is 137 Å². The third-order valence-corrected chi connectivity index (χ3v) is 67.2. The van der Waals surface area contributed by atoms with Crippen LogP contribution in [0.15, 0.2) is 0 Å². The van der Waals surface area contributed by atoms with Crippen molar-refractivity contribution >= 4 is 143 Å². The van der Waals surface area contributed by atoms with Crippen molar-refractivity contribution in [1.82, 2.24) is 0 Å². The Morgan fingerprint density at radius 3 is 0.446 bits per heavy atom. The van der Waals surface area contributed by atoms with Gasteiger partial charge in [0.25, 0.3) is 0 Å². The maximum absolute atomic E-state index is 12.6. The molecule has 48 heteroatoms.